The largest absolute Gasteiger partial charge is 0.494 e. The third-order valence-electron chi connectivity index (χ3n) is 3.84. The SMILES string of the molecule is CCOc1ccc2cc(C(=O)Oc3ccc(C(=O)OC)cc3)ccc2c1. The molecule has 3 rings (SSSR count). The number of methoxy groups -OCH3 is 1. The van der Waals surface area contributed by atoms with E-state index in [9.17, 15) is 9.59 Å². The third kappa shape index (κ3) is 3.83. The smallest absolute Gasteiger partial charge is 0.343 e. The predicted molar refractivity (Wildman–Crippen MR) is 97.9 cm³/mol. The normalized spacial score (nSPS) is 10.4. The molecule has 0 aliphatic carbocycles. The number of benzene rings is 3. The van der Waals surface area contributed by atoms with E-state index >= 15 is 0 Å². The Morgan fingerprint density at radius 2 is 1.38 bits per heavy atom. The molecular formula is C21H18O5. The maximum Gasteiger partial charge on any atom is 0.343 e. The predicted octanol–water partition coefficient (Wildman–Crippen LogP) is 4.24. The van der Waals surface area contributed by atoms with Gasteiger partial charge in [-0.2, -0.15) is 0 Å². The second-order valence-corrected chi connectivity index (χ2v) is 5.56. The number of ether oxygens (including phenoxy) is 3. The summed E-state index contributed by atoms with van der Waals surface area (Å²) in [5.41, 5.74) is 0.835. The third-order valence-corrected chi connectivity index (χ3v) is 3.84. The summed E-state index contributed by atoms with van der Waals surface area (Å²) in [6.07, 6.45) is 0. The van der Waals surface area contributed by atoms with Crippen LogP contribution in [0.3, 0.4) is 0 Å². The Hall–Kier alpha value is -3.34. The average molecular weight is 350 g/mol. The fraction of sp³-hybridized carbons (Fsp3) is 0.143. The molecule has 0 fully saturated rings. The van der Waals surface area contributed by atoms with Crippen LogP contribution in [-0.4, -0.2) is 25.7 Å². The zero-order chi connectivity index (χ0) is 18.5. The molecular weight excluding hydrogens is 332 g/mol. The average Bonchev–Trinajstić information content (AvgIpc) is 2.67. The van der Waals surface area contributed by atoms with Gasteiger partial charge in [0.2, 0.25) is 0 Å². The Morgan fingerprint density at radius 1 is 0.769 bits per heavy atom. The van der Waals surface area contributed by atoms with E-state index in [1.165, 1.54) is 7.11 Å². The molecule has 0 saturated carbocycles. The fourth-order valence-electron chi connectivity index (χ4n) is 2.55. The van der Waals surface area contributed by atoms with E-state index in [2.05, 4.69) is 4.74 Å². The number of carbonyl (C=O) groups excluding carboxylic acids is 2. The molecule has 0 spiro atoms. The Balaban J connectivity index is 1.77. The van der Waals surface area contributed by atoms with E-state index in [1.54, 1.807) is 36.4 Å². The Bertz CT molecular complexity index is 944. The monoisotopic (exact) mass is 350 g/mol. The minimum absolute atomic E-state index is 0.356. The molecule has 0 bridgehead atoms. The number of hydrogen-bond donors (Lipinski definition) is 0. The lowest BCUT2D eigenvalue weighted by atomic mass is 10.1. The van der Waals surface area contributed by atoms with E-state index in [0.717, 1.165) is 16.5 Å². The number of fused-ring (bicyclic) bond motifs is 1. The van der Waals surface area contributed by atoms with Crippen molar-refractivity contribution in [2.45, 2.75) is 6.92 Å². The van der Waals surface area contributed by atoms with E-state index in [1.807, 2.05) is 31.2 Å². The lowest BCUT2D eigenvalue weighted by Crippen LogP contribution is -2.08. The molecule has 0 atom stereocenters. The first kappa shape index (κ1) is 17.5. The van der Waals surface area contributed by atoms with Crippen LogP contribution in [0.5, 0.6) is 11.5 Å². The highest BCUT2D eigenvalue weighted by Crippen LogP contribution is 2.23. The van der Waals surface area contributed by atoms with Gasteiger partial charge in [-0.15, -0.1) is 0 Å². The van der Waals surface area contributed by atoms with Crippen LogP contribution in [-0.2, 0) is 4.74 Å². The maximum absolute atomic E-state index is 12.4. The highest BCUT2D eigenvalue weighted by molar-refractivity contribution is 5.97. The highest BCUT2D eigenvalue weighted by Gasteiger charge is 2.11. The maximum atomic E-state index is 12.4. The minimum Gasteiger partial charge on any atom is -0.494 e. The van der Waals surface area contributed by atoms with Gasteiger partial charge in [-0.05, 0) is 66.2 Å². The zero-order valence-corrected chi connectivity index (χ0v) is 14.5. The van der Waals surface area contributed by atoms with E-state index < -0.39 is 11.9 Å². The quantitative estimate of drug-likeness (QED) is 0.509. The van der Waals surface area contributed by atoms with Crippen LogP contribution < -0.4 is 9.47 Å². The number of carbonyl (C=O) groups is 2. The van der Waals surface area contributed by atoms with E-state index in [4.69, 9.17) is 9.47 Å². The summed E-state index contributed by atoms with van der Waals surface area (Å²) in [5, 5.41) is 1.90. The lowest BCUT2D eigenvalue weighted by Gasteiger charge is -2.08. The topological polar surface area (TPSA) is 61.8 Å². The Morgan fingerprint density at radius 3 is 2.08 bits per heavy atom. The molecule has 0 saturated heterocycles. The molecule has 0 amide bonds. The molecule has 5 nitrogen and oxygen atoms in total. The molecule has 3 aromatic carbocycles. The zero-order valence-electron chi connectivity index (χ0n) is 14.5. The van der Waals surface area contributed by atoms with Gasteiger partial charge in [-0.1, -0.05) is 12.1 Å². The molecule has 0 aliphatic rings. The van der Waals surface area contributed by atoms with Gasteiger partial charge in [-0.25, -0.2) is 9.59 Å². The molecule has 0 aromatic heterocycles. The van der Waals surface area contributed by atoms with Gasteiger partial charge < -0.3 is 14.2 Å². The molecule has 0 heterocycles. The number of esters is 2. The van der Waals surface area contributed by atoms with Crippen LogP contribution in [0.15, 0.2) is 60.7 Å². The first-order valence-electron chi connectivity index (χ1n) is 8.18. The van der Waals surface area contributed by atoms with Crippen molar-refractivity contribution < 1.29 is 23.8 Å². The Labute approximate surface area is 151 Å². The van der Waals surface area contributed by atoms with E-state index in [-0.39, 0.29) is 0 Å². The summed E-state index contributed by atoms with van der Waals surface area (Å²) >= 11 is 0. The van der Waals surface area contributed by atoms with Crippen LogP contribution in [0.25, 0.3) is 10.8 Å². The summed E-state index contributed by atoms with van der Waals surface area (Å²) in [4.78, 5) is 23.8. The molecule has 0 N–H and O–H groups in total. The van der Waals surface area contributed by atoms with Crippen molar-refractivity contribution in [1.82, 2.24) is 0 Å². The molecule has 3 aromatic rings. The van der Waals surface area contributed by atoms with Crippen LogP contribution >= 0.6 is 0 Å². The van der Waals surface area contributed by atoms with Crippen molar-refractivity contribution in [3.8, 4) is 11.5 Å². The van der Waals surface area contributed by atoms with Crippen molar-refractivity contribution in [3.63, 3.8) is 0 Å². The first-order valence-corrected chi connectivity index (χ1v) is 8.18. The second-order valence-electron chi connectivity index (χ2n) is 5.56. The van der Waals surface area contributed by atoms with Gasteiger partial charge in [0.25, 0.3) is 0 Å². The van der Waals surface area contributed by atoms with Gasteiger partial charge in [-0.3, -0.25) is 0 Å². The molecule has 5 heteroatoms. The minimum atomic E-state index is -0.466. The summed E-state index contributed by atoms with van der Waals surface area (Å²) in [6, 6.07) is 17.2. The second kappa shape index (κ2) is 7.70. The molecule has 0 unspecified atom stereocenters. The summed E-state index contributed by atoms with van der Waals surface area (Å²) in [6.45, 7) is 2.53. The standard InChI is InChI=1S/C21H18O5/c1-3-25-19-11-8-15-12-17(5-4-16(15)13-19)21(23)26-18-9-6-14(7-10-18)20(22)24-2/h4-13H,3H2,1-2H3. The molecule has 132 valence electrons. The van der Waals surface area contributed by atoms with Gasteiger partial charge in [0, 0.05) is 0 Å². The van der Waals surface area contributed by atoms with Gasteiger partial charge in [0.1, 0.15) is 11.5 Å². The molecule has 26 heavy (non-hydrogen) atoms. The number of hydrogen-bond acceptors (Lipinski definition) is 5. The van der Waals surface area contributed by atoms with Crippen LogP contribution in [0, 0.1) is 0 Å². The highest BCUT2D eigenvalue weighted by atomic mass is 16.5. The van der Waals surface area contributed by atoms with Gasteiger partial charge in [0.15, 0.2) is 0 Å². The van der Waals surface area contributed by atoms with Gasteiger partial charge >= 0.3 is 11.9 Å². The molecule has 0 radical (unpaired) electrons. The number of rotatable bonds is 5. The van der Waals surface area contributed by atoms with Crippen molar-refractivity contribution in [3.05, 3.63) is 71.8 Å². The van der Waals surface area contributed by atoms with Crippen molar-refractivity contribution in [2.75, 3.05) is 13.7 Å². The molecule has 0 aliphatic heterocycles. The van der Waals surface area contributed by atoms with Crippen molar-refractivity contribution in [1.29, 1.82) is 0 Å². The van der Waals surface area contributed by atoms with Crippen LogP contribution in [0.2, 0.25) is 0 Å². The van der Waals surface area contributed by atoms with Gasteiger partial charge in [0.05, 0.1) is 24.8 Å². The van der Waals surface area contributed by atoms with Crippen molar-refractivity contribution >= 4 is 22.7 Å². The van der Waals surface area contributed by atoms with Crippen molar-refractivity contribution in [2.24, 2.45) is 0 Å². The lowest BCUT2D eigenvalue weighted by molar-refractivity contribution is 0.0600. The summed E-state index contributed by atoms with van der Waals surface area (Å²) < 4.78 is 15.5. The first-order chi connectivity index (χ1) is 12.6. The Kier molecular flexibility index (Phi) is 5.17. The summed E-state index contributed by atoms with van der Waals surface area (Å²) in [7, 11) is 1.31. The fourth-order valence-corrected chi connectivity index (χ4v) is 2.55. The van der Waals surface area contributed by atoms with E-state index in [0.29, 0.717) is 23.5 Å². The van der Waals surface area contributed by atoms with Crippen LogP contribution in [0.1, 0.15) is 27.6 Å². The van der Waals surface area contributed by atoms with Crippen LogP contribution in [0.4, 0.5) is 0 Å². The summed E-state index contributed by atoms with van der Waals surface area (Å²) in [5.74, 6) is 0.242.